The predicted molar refractivity (Wildman–Crippen MR) is 64.8 cm³/mol. The molecular weight excluding hydrogens is 378 g/mol. The Morgan fingerprint density at radius 3 is 2.86 bits per heavy atom. The SMILES string of the molecule is Fc1c(I)cc2cc([As])ncc2c1Cl. The topological polar surface area (TPSA) is 12.9 Å². The van der Waals surface area contributed by atoms with Crippen molar-refractivity contribution in [3.8, 4) is 0 Å². The van der Waals surface area contributed by atoms with Crippen molar-refractivity contribution in [2.24, 2.45) is 0 Å². The van der Waals surface area contributed by atoms with E-state index in [0.717, 1.165) is 9.87 Å². The molecule has 0 saturated heterocycles. The van der Waals surface area contributed by atoms with Gasteiger partial charge in [-0.15, -0.1) is 0 Å². The van der Waals surface area contributed by atoms with Crippen LogP contribution in [0.5, 0.6) is 0 Å². The van der Waals surface area contributed by atoms with Crippen molar-refractivity contribution in [3.63, 3.8) is 0 Å². The first-order chi connectivity index (χ1) is 6.59. The van der Waals surface area contributed by atoms with Crippen molar-refractivity contribution in [2.45, 2.75) is 0 Å². The van der Waals surface area contributed by atoms with Gasteiger partial charge in [0.1, 0.15) is 0 Å². The van der Waals surface area contributed by atoms with Crippen LogP contribution in [0.3, 0.4) is 0 Å². The van der Waals surface area contributed by atoms with Crippen LogP contribution in [0, 0.1) is 9.39 Å². The first-order valence-corrected chi connectivity index (χ1v) is 6.11. The van der Waals surface area contributed by atoms with E-state index in [2.05, 4.69) is 21.8 Å². The van der Waals surface area contributed by atoms with E-state index in [9.17, 15) is 4.39 Å². The van der Waals surface area contributed by atoms with Crippen molar-refractivity contribution in [1.29, 1.82) is 0 Å². The third-order valence-corrected chi connectivity index (χ3v) is 3.51. The van der Waals surface area contributed by atoms with Gasteiger partial charge in [-0.05, 0) is 0 Å². The van der Waals surface area contributed by atoms with Gasteiger partial charge in [-0.2, -0.15) is 0 Å². The van der Waals surface area contributed by atoms with Crippen LogP contribution in [-0.2, 0) is 0 Å². The quantitative estimate of drug-likeness (QED) is 0.388. The fraction of sp³-hybridized carbons (Fsp3) is 0. The van der Waals surface area contributed by atoms with Crippen LogP contribution in [0.15, 0.2) is 18.3 Å². The van der Waals surface area contributed by atoms with Gasteiger partial charge in [0, 0.05) is 0 Å². The molecule has 0 saturated carbocycles. The van der Waals surface area contributed by atoms with E-state index in [-0.39, 0.29) is 10.8 Å². The Morgan fingerprint density at radius 1 is 1.43 bits per heavy atom. The summed E-state index contributed by atoms with van der Waals surface area (Å²) < 4.78 is 14.8. The van der Waals surface area contributed by atoms with Gasteiger partial charge in [-0.25, -0.2) is 0 Å². The Hall–Kier alpha value is 0.138. The third kappa shape index (κ3) is 1.77. The number of fused-ring (bicyclic) bond motifs is 1. The number of hydrogen-bond donors (Lipinski definition) is 0. The number of halogens is 3. The summed E-state index contributed by atoms with van der Waals surface area (Å²) in [6.45, 7) is 0. The molecule has 1 nitrogen and oxygen atoms in total. The normalized spacial score (nSPS) is 10.9. The van der Waals surface area contributed by atoms with E-state index in [0.29, 0.717) is 8.96 Å². The maximum atomic E-state index is 13.4. The first-order valence-electron chi connectivity index (χ1n) is 3.72. The minimum atomic E-state index is -0.375. The van der Waals surface area contributed by atoms with Gasteiger partial charge in [0.2, 0.25) is 0 Å². The molecule has 0 N–H and O–H groups in total. The van der Waals surface area contributed by atoms with Crippen molar-refractivity contribution in [2.75, 3.05) is 0 Å². The van der Waals surface area contributed by atoms with Gasteiger partial charge in [-0.3, -0.25) is 0 Å². The number of aromatic nitrogens is 1. The molecule has 5 heteroatoms. The summed E-state index contributed by atoms with van der Waals surface area (Å²) in [5.74, 6) is -0.375. The van der Waals surface area contributed by atoms with Crippen LogP contribution in [-0.4, -0.2) is 21.8 Å². The van der Waals surface area contributed by atoms with E-state index in [1.54, 1.807) is 12.3 Å². The Labute approximate surface area is 108 Å². The van der Waals surface area contributed by atoms with Gasteiger partial charge >= 0.3 is 108 Å². The van der Waals surface area contributed by atoms with E-state index >= 15 is 0 Å². The zero-order chi connectivity index (χ0) is 10.3. The number of nitrogens with zero attached hydrogens (tertiary/aromatic N) is 1. The molecule has 0 spiro atoms. The van der Waals surface area contributed by atoms with Crippen LogP contribution in [0.2, 0.25) is 5.02 Å². The first kappa shape index (κ1) is 10.6. The molecule has 2 rings (SSSR count). The summed E-state index contributed by atoms with van der Waals surface area (Å²) in [7, 11) is 0. The molecule has 1 heterocycles. The van der Waals surface area contributed by atoms with Crippen molar-refractivity contribution >= 4 is 66.3 Å². The molecule has 1 aromatic heterocycles. The maximum absolute atomic E-state index is 13.4. The molecular formula is C9H3AsClFIN. The number of rotatable bonds is 0. The summed E-state index contributed by atoms with van der Waals surface area (Å²) >= 11 is 10.1. The molecule has 1 aromatic carbocycles. The van der Waals surface area contributed by atoms with Crippen LogP contribution in [0.4, 0.5) is 4.39 Å². The zero-order valence-corrected chi connectivity index (χ0v) is 11.6. The summed E-state index contributed by atoms with van der Waals surface area (Å²) in [6, 6.07) is 3.62. The standard InChI is InChI=1S/C9H3AsClFIN/c10-7-2-4-1-6(13)9(12)8(11)5(4)3-14-7/h1-3H. The van der Waals surface area contributed by atoms with E-state index in [1.165, 1.54) is 0 Å². The molecule has 2 radical (unpaired) electrons. The molecule has 0 bridgehead atoms. The van der Waals surface area contributed by atoms with Gasteiger partial charge in [0.25, 0.3) is 0 Å². The fourth-order valence-electron chi connectivity index (χ4n) is 1.19. The summed E-state index contributed by atoms with van der Waals surface area (Å²) in [5.41, 5.74) is 0. The number of benzene rings is 1. The Kier molecular flexibility index (Phi) is 3.00. The molecule has 0 aliphatic heterocycles. The summed E-state index contributed by atoms with van der Waals surface area (Å²) in [6.07, 6.45) is 1.59. The predicted octanol–water partition coefficient (Wildman–Crippen LogP) is 2.43. The van der Waals surface area contributed by atoms with Gasteiger partial charge < -0.3 is 0 Å². The Bertz CT molecular complexity index is 518. The van der Waals surface area contributed by atoms with Gasteiger partial charge in [-0.1, -0.05) is 0 Å². The molecule has 0 unspecified atom stereocenters. The average molecular weight is 381 g/mol. The molecule has 0 amide bonds. The van der Waals surface area contributed by atoms with Gasteiger partial charge in [0.05, 0.1) is 0 Å². The van der Waals surface area contributed by atoms with Crippen LogP contribution >= 0.6 is 34.2 Å². The van der Waals surface area contributed by atoms with Crippen LogP contribution < -0.4 is 4.48 Å². The monoisotopic (exact) mass is 381 g/mol. The van der Waals surface area contributed by atoms with Crippen LogP contribution in [0.25, 0.3) is 10.8 Å². The molecule has 70 valence electrons. The number of pyridine rings is 1. The summed E-state index contributed by atoms with van der Waals surface area (Å²) in [5, 5.41) is 1.71. The van der Waals surface area contributed by atoms with Crippen molar-refractivity contribution in [1.82, 2.24) is 4.98 Å². The second kappa shape index (κ2) is 3.95. The van der Waals surface area contributed by atoms with Gasteiger partial charge in [0.15, 0.2) is 0 Å². The Morgan fingerprint density at radius 2 is 2.14 bits per heavy atom. The zero-order valence-electron chi connectivity index (χ0n) is 6.76. The van der Waals surface area contributed by atoms with E-state index in [4.69, 9.17) is 11.6 Å². The van der Waals surface area contributed by atoms with Crippen molar-refractivity contribution < 1.29 is 4.39 Å². The molecule has 2 aromatic rings. The second-order valence-electron chi connectivity index (χ2n) is 2.75. The van der Waals surface area contributed by atoms with E-state index < -0.39 is 0 Å². The summed E-state index contributed by atoms with van der Waals surface area (Å²) in [4.78, 5) is 4.06. The van der Waals surface area contributed by atoms with Crippen LogP contribution in [0.1, 0.15) is 0 Å². The Balaban J connectivity index is 2.91. The minimum absolute atomic E-state index is 0.145. The fourth-order valence-corrected chi connectivity index (χ4v) is 2.62. The molecule has 0 aliphatic carbocycles. The third-order valence-electron chi connectivity index (χ3n) is 1.84. The second-order valence-corrected chi connectivity index (χ2v) is 5.25. The average Bonchev–Trinajstić information content (AvgIpc) is 2.14. The molecule has 0 aliphatic rings. The number of hydrogen-bond acceptors (Lipinski definition) is 1. The van der Waals surface area contributed by atoms with Crippen molar-refractivity contribution in [3.05, 3.63) is 32.7 Å². The molecule has 0 fully saturated rings. The molecule has 14 heavy (non-hydrogen) atoms. The van der Waals surface area contributed by atoms with E-state index in [1.807, 2.05) is 28.7 Å². The molecule has 0 atom stereocenters.